The first-order valence-electron chi connectivity index (χ1n) is 15.7. The maximum Gasteiger partial charge on any atom is 0.306 e. The number of allylic oxidation sites excluding steroid dienone is 2. The molecule has 0 aromatic heterocycles. The third-order valence-electron chi connectivity index (χ3n) is 6.99. The maximum atomic E-state index is 12.4. The molecule has 0 bridgehead atoms. The van der Waals surface area contributed by atoms with Gasteiger partial charge in [-0.15, -0.1) is 0 Å². The van der Waals surface area contributed by atoms with Gasteiger partial charge in [0.25, 0.3) is 0 Å². The van der Waals surface area contributed by atoms with Crippen LogP contribution < -0.4 is 0 Å². The highest BCUT2D eigenvalue weighted by molar-refractivity contribution is 5.69. The van der Waals surface area contributed by atoms with Crippen LogP contribution in [-0.4, -0.2) is 23.1 Å². The fourth-order valence-corrected chi connectivity index (χ4v) is 4.65. The Balaban J connectivity index is 3.77. The quantitative estimate of drug-likeness (QED) is 0.0648. The molecule has 0 aromatic carbocycles. The van der Waals surface area contributed by atoms with Crippen LogP contribution >= 0.6 is 0 Å². The van der Waals surface area contributed by atoms with Crippen molar-refractivity contribution in [3.8, 4) is 0 Å². The van der Waals surface area contributed by atoms with E-state index in [1.165, 1.54) is 77.0 Å². The third kappa shape index (κ3) is 27.3. The van der Waals surface area contributed by atoms with E-state index in [0.29, 0.717) is 6.42 Å². The Morgan fingerprint density at radius 2 is 1.00 bits per heavy atom. The average molecular weight is 509 g/mol. The van der Waals surface area contributed by atoms with Gasteiger partial charge in [-0.1, -0.05) is 109 Å². The molecule has 0 amide bonds. The second-order valence-corrected chi connectivity index (χ2v) is 10.6. The van der Waals surface area contributed by atoms with Gasteiger partial charge in [-0.3, -0.25) is 9.59 Å². The third-order valence-corrected chi connectivity index (χ3v) is 6.99. The highest BCUT2D eigenvalue weighted by Crippen LogP contribution is 2.18. The number of ether oxygens (including phenoxy) is 1. The fraction of sp³-hybridized carbons (Fsp3) is 0.875. The topological polar surface area (TPSA) is 63.6 Å². The number of carbonyl (C=O) groups is 2. The van der Waals surface area contributed by atoms with Crippen molar-refractivity contribution in [1.82, 2.24) is 0 Å². The first-order chi connectivity index (χ1) is 17.6. The second-order valence-electron chi connectivity index (χ2n) is 10.6. The molecule has 0 fully saturated rings. The maximum absolute atomic E-state index is 12.4. The van der Waals surface area contributed by atoms with Gasteiger partial charge in [-0.05, 0) is 64.2 Å². The molecule has 0 spiro atoms. The standard InChI is InChI=1S/C32H60O4/c1-3-5-7-8-9-10-11-12-13-14-15-16-21-25-29-32(35)36-30(26-22-6-4-2)27-23-19-17-18-20-24-28-31(33)34/h10-11,30H,3-9,12-29H2,1-2H3,(H,33,34)/b11-10-. The molecule has 0 aliphatic carbocycles. The molecule has 0 radical (unpaired) electrons. The Labute approximate surface area is 224 Å². The molecule has 1 unspecified atom stereocenters. The summed E-state index contributed by atoms with van der Waals surface area (Å²) >= 11 is 0. The molecule has 4 nitrogen and oxygen atoms in total. The van der Waals surface area contributed by atoms with E-state index in [2.05, 4.69) is 26.0 Å². The Hall–Kier alpha value is -1.32. The van der Waals surface area contributed by atoms with Crippen molar-refractivity contribution in [2.75, 3.05) is 0 Å². The molecule has 212 valence electrons. The lowest BCUT2D eigenvalue weighted by Crippen LogP contribution is -2.18. The molecule has 0 aromatic rings. The molecule has 0 rings (SSSR count). The fourth-order valence-electron chi connectivity index (χ4n) is 4.65. The zero-order valence-corrected chi connectivity index (χ0v) is 24.1. The number of carboxylic acid groups (broad SMARTS) is 1. The van der Waals surface area contributed by atoms with Gasteiger partial charge in [0.15, 0.2) is 0 Å². The van der Waals surface area contributed by atoms with Crippen molar-refractivity contribution in [1.29, 1.82) is 0 Å². The molecule has 1 N–H and O–H groups in total. The average Bonchev–Trinajstić information content (AvgIpc) is 2.85. The van der Waals surface area contributed by atoms with E-state index in [1.54, 1.807) is 0 Å². The van der Waals surface area contributed by atoms with Gasteiger partial charge in [-0.2, -0.15) is 0 Å². The normalized spacial score (nSPS) is 12.3. The Morgan fingerprint density at radius 1 is 0.583 bits per heavy atom. The van der Waals surface area contributed by atoms with E-state index < -0.39 is 5.97 Å². The van der Waals surface area contributed by atoms with Crippen LogP contribution in [-0.2, 0) is 14.3 Å². The molecule has 0 saturated heterocycles. The first kappa shape index (κ1) is 34.7. The van der Waals surface area contributed by atoms with E-state index in [1.807, 2.05) is 0 Å². The number of carboxylic acids is 1. The van der Waals surface area contributed by atoms with Gasteiger partial charge in [0.2, 0.25) is 0 Å². The van der Waals surface area contributed by atoms with Crippen molar-refractivity contribution < 1.29 is 19.4 Å². The molecule has 4 heteroatoms. The van der Waals surface area contributed by atoms with Crippen LogP contribution in [0.1, 0.15) is 174 Å². The van der Waals surface area contributed by atoms with Crippen LogP contribution in [0.2, 0.25) is 0 Å². The number of unbranched alkanes of at least 4 members (excludes halogenated alkanes) is 17. The summed E-state index contributed by atoms with van der Waals surface area (Å²) in [6.07, 6.45) is 32.4. The van der Waals surface area contributed by atoms with Crippen LogP contribution in [0.15, 0.2) is 12.2 Å². The minimum absolute atomic E-state index is 0.00533. The van der Waals surface area contributed by atoms with Crippen molar-refractivity contribution in [2.45, 2.75) is 180 Å². The van der Waals surface area contributed by atoms with E-state index in [4.69, 9.17) is 9.84 Å². The van der Waals surface area contributed by atoms with Crippen LogP contribution in [0.5, 0.6) is 0 Å². The molecule has 0 aliphatic heterocycles. The van der Waals surface area contributed by atoms with Gasteiger partial charge in [0.1, 0.15) is 6.10 Å². The Kier molecular flexibility index (Phi) is 27.2. The van der Waals surface area contributed by atoms with Crippen molar-refractivity contribution in [3.63, 3.8) is 0 Å². The predicted octanol–water partition coefficient (Wildman–Crippen LogP) is 10.3. The first-order valence-corrected chi connectivity index (χ1v) is 15.7. The monoisotopic (exact) mass is 508 g/mol. The van der Waals surface area contributed by atoms with Gasteiger partial charge in [-0.25, -0.2) is 0 Å². The van der Waals surface area contributed by atoms with Crippen LogP contribution in [0.3, 0.4) is 0 Å². The summed E-state index contributed by atoms with van der Waals surface area (Å²) < 4.78 is 5.87. The molecule has 1 atom stereocenters. The summed E-state index contributed by atoms with van der Waals surface area (Å²) in [7, 11) is 0. The van der Waals surface area contributed by atoms with E-state index in [-0.39, 0.29) is 18.5 Å². The lowest BCUT2D eigenvalue weighted by Gasteiger charge is -2.18. The number of hydrogen-bond donors (Lipinski definition) is 1. The molecule has 0 aliphatic rings. The van der Waals surface area contributed by atoms with Gasteiger partial charge in [0.05, 0.1) is 0 Å². The van der Waals surface area contributed by atoms with E-state index >= 15 is 0 Å². The molecular formula is C32H60O4. The van der Waals surface area contributed by atoms with E-state index in [9.17, 15) is 9.59 Å². The zero-order valence-electron chi connectivity index (χ0n) is 24.1. The van der Waals surface area contributed by atoms with Crippen molar-refractivity contribution in [2.24, 2.45) is 0 Å². The Bertz CT molecular complexity index is 514. The summed E-state index contributed by atoms with van der Waals surface area (Å²) in [5, 5.41) is 8.69. The van der Waals surface area contributed by atoms with E-state index in [0.717, 1.165) is 70.6 Å². The summed E-state index contributed by atoms with van der Waals surface area (Å²) in [6, 6.07) is 0. The Morgan fingerprint density at radius 3 is 1.56 bits per heavy atom. The van der Waals surface area contributed by atoms with Crippen molar-refractivity contribution in [3.05, 3.63) is 12.2 Å². The van der Waals surface area contributed by atoms with Gasteiger partial charge < -0.3 is 9.84 Å². The van der Waals surface area contributed by atoms with Crippen LogP contribution in [0.4, 0.5) is 0 Å². The lowest BCUT2D eigenvalue weighted by atomic mass is 10.0. The molecule has 0 saturated carbocycles. The van der Waals surface area contributed by atoms with Crippen LogP contribution in [0.25, 0.3) is 0 Å². The summed E-state index contributed by atoms with van der Waals surface area (Å²) in [6.45, 7) is 4.46. The second kappa shape index (κ2) is 28.3. The number of rotatable bonds is 28. The summed E-state index contributed by atoms with van der Waals surface area (Å²) in [4.78, 5) is 22.9. The van der Waals surface area contributed by atoms with Crippen molar-refractivity contribution >= 4 is 11.9 Å². The largest absolute Gasteiger partial charge is 0.481 e. The molecule has 36 heavy (non-hydrogen) atoms. The number of aliphatic carboxylic acids is 1. The number of carbonyl (C=O) groups excluding carboxylic acids is 1. The molecule has 0 heterocycles. The SMILES string of the molecule is CCCCCC/C=C\CCCCCCCCC(=O)OC(CCCCC)CCCCCCCCC(=O)O. The zero-order chi connectivity index (χ0) is 26.5. The summed E-state index contributed by atoms with van der Waals surface area (Å²) in [5.41, 5.74) is 0. The smallest absolute Gasteiger partial charge is 0.306 e. The van der Waals surface area contributed by atoms with Gasteiger partial charge >= 0.3 is 11.9 Å². The highest BCUT2D eigenvalue weighted by atomic mass is 16.5. The minimum atomic E-state index is -0.696. The lowest BCUT2D eigenvalue weighted by molar-refractivity contribution is -0.150. The molecular weight excluding hydrogens is 448 g/mol. The minimum Gasteiger partial charge on any atom is -0.481 e. The van der Waals surface area contributed by atoms with Crippen LogP contribution in [0, 0.1) is 0 Å². The highest BCUT2D eigenvalue weighted by Gasteiger charge is 2.14. The summed E-state index contributed by atoms with van der Waals surface area (Å²) in [5.74, 6) is -0.701. The predicted molar refractivity (Wildman–Crippen MR) is 153 cm³/mol. The number of hydrogen-bond acceptors (Lipinski definition) is 3. The number of esters is 1. The van der Waals surface area contributed by atoms with Gasteiger partial charge in [0, 0.05) is 12.8 Å².